The first-order valence-corrected chi connectivity index (χ1v) is 9.76. The van der Waals surface area contributed by atoms with E-state index in [4.69, 9.17) is 5.73 Å². The van der Waals surface area contributed by atoms with Crippen LogP contribution in [0.15, 0.2) is 39.0 Å². The van der Waals surface area contributed by atoms with E-state index in [-0.39, 0.29) is 23.0 Å². The molecule has 0 saturated carbocycles. The number of H-pyrrole nitrogens is 1. The fourth-order valence-electron chi connectivity index (χ4n) is 2.80. The molecule has 3 N–H and O–H groups in total. The number of halogens is 1. The van der Waals surface area contributed by atoms with Crippen LogP contribution in [0.5, 0.6) is 0 Å². The standard InChI is InChI=1S/C18H19FN6O3S/c1-3-8-25-14(20)13(16(27)21-17(25)28)12(26)9-29-18-23-22-15(24(18)2)10-4-6-11(19)7-5-10/h4-7H,3,8-9,20H2,1-2H3,(H,21,27,28). The summed E-state index contributed by atoms with van der Waals surface area (Å²) in [5, 5.41) is 8.55. The van der Waals surface area contributed by atoms with Crippen molar-refractivity contribution in [3.8, 4) is 11.4 Å². The van der Waals surface area contributed by atoms with Crippen molar-refractivity contribution in [2.24, 2.45) is 7.05 Å². The van der Waals surface area contributed by atoms with Crippen LogP contribution < -0.4 is 17.0 Å². The van der Waals surface area contributed by atoms with E-state index >= 15 is 0 Å². The van der Waals surface area contributed by atoms with Crippen molar-refractivity contribution in [2.75, 3.05) is 11.5 Å². The normalized spacial score (nSPS) is 11.0. The number of nitrogens with two attached hydrogens (primary N) is 1. The monoisotopic (exact) mass is 418 g/mol. The number of hydrogen-bond acceptors (Lipinski definition) is 7. The Balaban J connectivity index is 1.82. The van der Waals surface area contributed by atoms with Crippen LogP contribution in [0, 0.1) is 5.82 Å². The summed E-state index contributed by atoms with van der Waals surface area (Å²) in [6.45, 7) is 2.14. The molecule has 29 heavy (non-hydrogen) atoms. The van der Waals surface area contributed by atoms with Crippen LogP contribution in [-0.4, -0.2) is 35.9 Å². The summed E-state index contributed by atoms with van der Waals surface area (Å²) in [7, 11) is 1.72. The van der Waals surface area contributed by atoms with Crippen LogP contribution in [0.1, 0.15) is 23.7 Å². The van der Waals surface area contributed by atoms with Crippen molar-refractivity contribution in [2.45, 2.75) is 25.0 Å². The molecule has 9 nitrogen and oxygen atoms in total. The zero-order valence-corrected chi connectivity index (χ0v) is 16.6. The predicted molar refractivity (Wildman–Crippen MR) is 107 cm³/mol. The van der Waals surface area contributed by atoms with Crippen molar-refractivity contribution >= 4 is 23.4 Å². The maximum atomic E-state index is 13.1. The summed E-state index contributed by atoms with van der Waals surface area (Å²) >= 11 is 1.08. The number of rotatable bonds is 7. The Hall–Kier alpha value is -3.21. The molecule has 0 aliphatic rings. The third-order valence-electron chi connectivity index (χ3n) is 4.24. The minimum Gasteiger partial charge on any atom is -0.384 e. The molecule has 3 aromatic rings. The van der Waals surface area contributed by atoms with E-state index in [1.165, 1.54) is 16.7 Å². The van der Waals surface area contributed by atoms with Crippen LogP contribution in [0.2, 0.25) is 0 Å². The van der Waals surface area contributed by atoms with Gasteiger partial charge in [-0.05, 0) is 30.7 Å². The third-order valence-corrected chi connectivity index (χ3v) is 5.26. The van der Waals surface area contributed by atoms with Crippen LogP contribution in [0.25, 0.3) is 11.4 Å². The van der Waals surface area contributed by atoms with Crippen molar-refractivity contribution < 1.29 is 9.18 Å². The Morgan fingerprint density at radius 3 is 2.59 bits per heavy atom. The number of nitrogens with zero attached hydrogens (tertiary/aromatic N) is 4. The molecule has 0 unspecified atom stereocenters. The molecular formula is C18H19FN6O3S. The molecule has 0 fully saturated rings. The number of benzene rings is 1. The largest absolute Gasteiger partial charge is 0.384 e. The van der Waals surface area contributed by atoms with Gasteiger partial charge in [-0.15, -0.1) is 10.2 Å². The predicted octanol–water partition coefficient (Wildman–Crippen LogP) is 1.44. The summed E-state index contributed by atoms with van der Waals surface area (Å²) in [4.78, 5) is 38.7. The molecule has 0 aliphatic carbocycles. The summed E-state index contributed by atoms with van der Waals surface area (Å²) in [5.41, 5.74) is 4.89. The minimum atomic E-state index is -0.810. The average Bonchev–Trinajstić information content (AvgIpc) is 3.04. The first-order chi connectivity index (χ1) is 13.8. The minimum absolute atomic E-state index is 0.118. The maximum absolute atomic E-state index is 13.1. The molecule has 2 aromatic heterocycles. The number of Topliss-reactive ketones (excluding diaryl/α,β-unsaturated/α-hetero) is 1. The average molecular weight is 418 g/mol. The van der Waals surface area contributed by atoms with Gasteiger partial charge in [-0.2, -0.15) is 0 Å². The lowest BCUT2D eigenvalue weighted by atomic mass is 10.2. The second-order valence-electron chi connectivity index (χ2n) is 6.26. The van der Waals surface area contributed by atoms with Crippen molar-refractivity contribution in [1.29, 1.82) is 0 Å². The molecule has 3 rings (SSSR count). The molecule has 0 bridgehead atoms. The Morgan fingerprint density at radius 1 is 1.24 bits per heavy atom. The van der Waals surface area contributed by atoms with Gasteiger partial charge in [-0.1, -0.05) is 18.7 Å². The van der Waals surface area contributed by atoms with E-state index in [2.05, 4.69) is 15.2 Å². The number of ketones is 1. The molecule has 0 atom stereocenters. The van der Waals surface area contributed by atoms with Crippen molar-refractivity contribution in [1.82, 2.24) is 24.3 Å². The highest BCUT2D eigenvalue weighted by molar-refractivity contribution is 7.99. The SMILES string of the molecule is CCCn1c(N)c(C(=O)CSc2nnc(-c3ccc(F)cc3)n2C)c(=O)[nH]c1=O. The van der Waals surface area contributed by atoms with E-state index < -0.39 is 17.0 Å². The summed E-state index contributed by atoms with van der Waals surface area (Å²) in [6.07, 6.45) is 0.615. The molecule has 1 aromatic carbocycles. The molecule has 0 aliphatic heterocycles. The second-order valence-corrected chi connectivity index (χ2v) is 7.20. The highest BCUT2D eigenvalue weighted by Gasteiger charge is 2.20. The fourth-order valence-corrected chi connectivity index (χ4v) is 3.58. The zero-order valence-electron chi connectivity index (χ0n) is 15.8. The lowest BCUT2D eigenvalue weighted by Crippen LogP contribution is -2.36. The Morgan fingerprint density at radius 2 is 1.93 bits per heavy atom. The number of hydrogen-bond donors (Lipinski definition) is 2. The lowest BCUT2D eigenvalue weighted by Gasteiger charge is -2.11. The fraction of sp³-hybridized carbons (Fsp3) is 0.278. The van der Waals surface area contributed by atoms with Gasteiger partial charge in [-0.25, -0.2) is 9.18 Å². The molecular weight excluding hydrogens is 399 g/mol. The van der Waals surface area contributed by atoms with Gasteiger partial charge in [-0.3, -0.25) is 19.1 Å². The quantitative estimate of drug-likeness (QED) is 0.439. The van der Waals surface area contributed by atoms with Crippen LogP contribution in [0.4, 0.5) is 10.2 Å². The Bertz CT molecular complexity index is 1170. The van der Waals surface area contributed by atoms with Crippen LogP contribution >= 0.6 is 11.8 Å². The molecule has 11 heteroatoms. The smallest absolute Gasteiger partial charge is 0.329 e. The van der Waals surface area contributed by atoms with Gasteiger partial charge in [0.2, 0.25) is 0 Å². The third kappa shape index (κ3) is 4.14. The van der Waals surface area contributed by atoms with Gasteiger partial charge < -0.3 is 10.3 Å². The first-order valence-electron chi connectivity index (χ1n) is 8.77. The van der Waals surface area contributed by atoms with Gasteiger partial charge in [0.05, 0.1) is 5.75 Å². The topological polar surface area (TPSA) is 129 Å². The Kier molecular flexibility index (Phi) is 5.97. The van der Waals surface area contributed by atoms with E-state index in [0.29, 0.717) is 29.5 Å². The summed E-state index contributed by atoms with van der Waals surface area (Å²) in [5.74, 6) is -0.634. The van der Waals surface area contributed by atoms with Crippen molar-refractivity contribution in [3.63, 3.8) is 0 Å². The van der Waals surface area contributed by atoms with E-state index in [1.54, 1.807) is 23.7 Å². The molecule has 2 heterocycles. The first kappa shape index (κ1) is 20.5. The van der Waals surface area contributed by atoms with Crippen LogP contribution in [-0.2, 0) is 13.6 Å². The highest BCUT2D eigenvalue weighted by atomic mass is 32.2. The molecule has 0 amide bonds. The number of thioether (sulfide) groups is 1. The van der Waals surface area contributed by atoms with E-state index in [0.717, 1.165) is 11.8 Å². The van der Waals surface area contributed by atoms with Crippen LogP contribution in [0.3, 0.4) is 0 Å². The van der Waals surface area contributed by atoms with Crippen molar-refractivity contribution in [3.05, 3.63) is 56.5 Å². The number of aromatic amines is 1. The molecule has 152 valence electrons. The second kappa shape index (κ2) is 8.43. The van der Waals surface area contributed by atoms with Gasteiger partial charge >= 0.3 is 5.69 Å². The van der Waals surface area contributed by atoms with Gasteiger partial charge in [0, 0.05) is 19.2 Å². The van der Waals surface area contributed by atoms with E-state index in [9.17, 15) is 18.8 Å². The van der Waals surface area contributed by atoms with Gasteiger partial charge in [0.15, 0.2) is 16.8 Å². The number of carbonyl (C=O) groups is 1. The lowest BCUT2D eigenvalue weighted by molar-refractivity contribution is 0.102. The van der Waals surface area contributed by atoms with Gasteiger partial charge in [0.1, 0.15) is 17.2 Å². The number of anilines is 1. The van der Waals surface area contributed by atoms with Gasteiger partial charge in [0.25, 0.3) is 5.56 Å². The number of aromatic nitrogens is 5. The summed E-state index contributed by atoms with van der Waals surface area (Å²) in [6, 6.07) is 5.80. The zero-order chi connectivity index (χ0) is 21.1. The molecule has 0 saturated heterocycles. The number of nitrogens with one attached hydrogen (secondary N) is 1. The number of nitrogen functional groups attached to an aromatic ring is 1. The maximum Gasteiger partial charge on any atom is 0.329 e. The van der Waals surface area contributed by atoms with E-state index in [1.807, 2.05) is 6.92 Å². The molecule has 0 radical (unpaired) electrons. The molecule has 0 spiro atoms. The Labute approximate surface area is 168 Å². The summed E-state index contributed by atoms with van der Waals surface area (Å²) < 4.78 is 15.9. The highest BCUT2D eigenvalue weighted by Crippen LogP contribution is 2.23. The number of carbonyl (C=O) groups excluding carboxylic acids is 1.